The summed E-state index contributed by atoms with van der Waals surface area (Å²) in [6, 6.07) is 16.0. The normalized spacial score (nSPS) is 10.2. The molecular weight excluding hydrogens is 352 g/mol. The number of anilines is 2. The Hall–Kier alpha value is -3.19. The molecule has 0 saturated carbocycles. The van der Waals surface area contributed by atoms with Crippen molar-refractivity contribution in [1.29, 1.82) is 0 Å². The summed E-state index contributed by atoms with van der Waals surface area (Å²) in [6.45, 7) is 0.0152. The van der Waals surface area contributed by atoms with Gasteiger partial charge in [0.05, 0.1) is 23.9 Å². The van der Waals surface area contributed by atoms with E-state index in [1.807, 2.05) is 35.7 Å². The van der Waals surface area contributed by atoms with E-state index in [9.17, 15) is 9.59 Å². The third kappa shape index (κ3) is 4.25. The number of carbonyl (C=O) groups excluding carboxylic acids is 2. The molecule has 1 heterocycles. The Morgan fingerprint density at radius 1 is 1.00 bits per heavy atom. The van der Waals surface area contributed by atoms with Crippen LogP contribution in [0.2, 0.25) is 0 Å². The van der Waals surface area contributed by atoms with Crippen LogP contribution in [0.4, 0.5) is 10.8 Å². The van der Waals surface area contributed by atoms with Crippen LogP contribution in [0, 0.1) is 0 Å². The first-order valence-electron chi connectivity index (χ1n) is 7.78. The summed E-state index contributed by atoms with van der Waals surface area (Å²) in [4.78, 5) is 28.4. The maximum atomic E-state index is 12.3. The summed E-state index contributed by atoms with van der Waals surface area (Å²) >= 11 is 1.42. The molecule has 3 aromatic rings. The minimum atomic E-state index is -0.600. The molecular formula is C19H16N2O4S. The van der Waals surface area contributed by atoms with E-state index in [1.54, 1.807) is 12.1 Å². The zero-order valence-corrected chi connectivity index (χ0v) is 14.8. The molecule has 0 amide bonds. The summed E-state index contributed by atoms with van der Waals surface area (Å²) in [5, 5.41) is 5.70. The maximum absolute atomic E-state index is 12.3. The number of para-hydroxylation sites is 1. The third-order valence-corrected chi connectivity index (χ3v) is 4.29. The van der Waals surface area contributed by atoms with E-state index in [-0.39, 0.29) is 17.7 Å². The number of hydrogen-bond donors (Lipinski definition) is 1. The number of thiazole rings is 1. The molecule has 0 aliphatic carbocycles. The van der Waals surface area contributed by atoms with E-state index in [2.05, 4.69) is 15.0 Å². The van der Waals surface area contributed by atoms with E-state index in [0.717, 1.165) is 5.69 Å². The van der Waals surface area contributed by atoms with Crippen LogP contribution in [0.25, 0.3) is 0 Å². The molecule has 3 rings (SSSR count). The van der Waals surface area contributed by atoms with Crippen molar-refractivity contribution in [3.63, 3.8) is 0 Å². The third-order valence-electron chi connectivity index (χ3n) is 3.48. The van der Waals surface area contributed by atoms with Crippen molar-refractivity contribution < 1.29 is 19.1 Å². The highest BCUT2D eigenvalue weighted by molar-refractivity contribution is 7.13. The van der Waals surface area contributed by atoms with Crippen molar-refractivity contribution in [3.05, 3.63) is 76.8 Å². The molecule has 0 aliphatic rings. The average molecular weight is 368 g/mol. The minimum absolute atomic E-state index is 0.0152. The number of hydrogen-bond acceptors (Lipinski definition) is 7. The standard InChI is InChI=1S/C19H16N2O4S/c1-24-17(22)15-9-5-6-10-16(15)18(23)25-11-14-12-26-19(21-14)20-13-7-3-2-4-8-13/h2-10,12H,11H2,1H3,(H,20,21). The van der Waals surface area contributed by atoms with Crippen molar-refractivity contribution in [1.82, 2.24) is 4.98 Å². The van der Waals surface area contributed by atoms with Crippen LogP contribution >= 0.6 is 11.3 Å². The molecule has 6 nitrogen and oxygen atoms in total. The van der Waals surface area contributed by atoms with Crippen molar-refractivity contribution in [2.75, 3.05) is 12.4 Å². The highest BCUT2D eigenvalue weighted by Crippen LogP contribution is 2.21. The van der Waals surface area contributed by atoms with E-state index < -0.39 is 11.9 Å². The smallest absolute Gasteiger partial charge is 0.339 e. The number of methoxy groups -OCH3 is 1. The van der Waals surface area contributed by atoms with Gasteiger partial charge in [-0.25, -0.2) is 14.6 Å². The fourth-order valence-electron chi connectivity index (χ4n) is 2.24. The van der Waals surface area contributed by atoms with Crippen LogP contribution in [-0.2, 0) is 16.1 Å². The van der Waals surface area contributed by atoms with Gasteiger partial charge in [0.1, 0.15) is 6.61 Å². The Balaban J connectivity index is 1.63. The molecule has 0 saturated heterocycles. The van der Waals surface area contributed by atoms with Crippen LogP contribution in [0.3, 0.4) is 0 Å². The molecule has 0 atom stereocenters. The van der Waals surface area contributed by atoms with Crippen LogP contribution in [-0.4, -0.2) is 24.0 Å². The summed E-state index contributed by atoms with van der Waals surface area (Å²) in [5.41, 5.74) is 1.89. The van der Waals surface area contributed by atoms with Gasteiger partial charge in [-0.3, -0.25) is 0 Å². The number of benzene rings is 2. The molecule has 0 spiro atoms. The molecule has 1 N–H and O–H groups in total. The number of aromatic nitrogens is 1. The number of nitrogens with zero attached hydrogens (tertiary/aromatic N) is 1. The molecule has 1 aromatic heterocycles. The minimum Gasteiger partial charge on any atom is -0.465 e. The van der Waals surface area contributed by atoms with Gasteiger partial charge in [0.25, 0.3) is 0 Å². The predicted octanol–water partition coefficient (Wildman–Crippen LogP) is 4.03. The SMILES string of the molecule is COC(=O)c1ccccc1C(=O)OCc1csc(Nc2ccccc2)n1. The molecule has 0 radical (unpaired) electrons. The number of nitrogens with one attached hydrogen (secondary N) is 1. The Kier molecular flexibility index (Phi) is 5.60. The zero-order chi connectivity index (χ0) is 18.4. The topological polar surface area (TPSA) is 77.5 Å². The molecule has 2 aromatic carbocycles. The maximum Gasteiger partial charge on any atom is 0.339 e. The first-order chi connectivity index (χ1) is 12.7. The van der Waals surface area contributed by atoms with Crippen LogP contribution in [0.1, 0.15) is 26.4 Å². The van der Waals surface area contributed by atoms with Gasteiger partial charge in [0.2, 0.25) is 0 Å². The lowest BCUT2D eigenvalue weighted by Crippen LogP contribution is -2.13. The van der Waals surface area contributed by atoms with E-state index >= 15 is 0 Å². The van der Waals surface area contributed by atoms with Crippen molar-refractivity contribution in [2.24, 2.45) is 0 Å². The average Bonchev–Trinajstić information content (AvgIpc) is 3.13. The predicted molar refractivity (Wildman–Crippen MR) is 98.7 cm³/mol. The van der Waals surface area contributed by atoms with Gasteiger partial charge in [-0.1, -0.05) is 30.3 Å². The highest BCUT2D eigenvalue weighted by atomic mass is 32.1. The van der Waals surface area contributed by atoms with Gasteiger partial charge in [-0.2, -0.15) is 0 Å². The summed E-state index contributed by atoms with van der Waals surface area (Å²) in [7, 11) is 1.26. The number of rotatable bonds is 6. The van der Waals surface area contributed by atoms with Gasteiger partial charge in [0.15, 0.2) is 5.13 Å². The van der Waals surface area contributed by atoms with Gasteiger partial charge in [0, 0.05) is 11.1 Å². The highest BCUT2D eigenvalue weighted by Gasteiger charge is 2.18. The molecule has 0 unspecified atom stereocenters. The Morgan fingerprint density at radius 2 is 1.65 bits per heavy atom. The first kappa shape index (κ1) is 17.6. The van der Waals surface area contributed by atoms with Gasteiger partial charge in [-0.05, 0) is 24.3 Å². The summed E-state index contributed by atoms with van der Waals surface area (Å²) in [5.74, 6) is -1.18. The molecule has 132 valence electrons. The summed E-state index contributed by atoms with van der Waals surface area (Å²) < 4.78 is 9.97. The second kappa shape index (κ2) is 8.26. The van der Waals surface area contributed by atoms with Crippen LogP contribution in [0.5, 0.6) is 0 Å². The van der Waals surface area contributed by atoms with Crippen molar-refractivity contribution in [2.45, 2.75) is 6.61 Å². The van der Waals surface area contributed by atoms with E-state index in [1.165, 1.54) is 30.6 Å². The molecule has 0 aliphatic heterocycles. The van der Waals surface area contributed by atoms with Crippen LogP contribution in [0.15, 0.2) is 60.0 Å². The van der Waals surface area contributed by atoms with Crippen molar-refractivity contribution >= 4 is 34.1 Å². The zero-order valence-electron chi connectivity index (χ0n) is 14.0. The second-order valence-corrected chi connectivity index (χ2v) is 6.11. The van der Waals surface area contributed by atoms with Gasteiger partial charge < -0.3 is 14.8 Å². The fraction of sp³-hybridized carbons (Fsp3) is 0.105. The molecule has 7 heteroatoms. The largest absolute Gasteiger partial charge is 0.465 e. The molecule has 0 bridgehead atoms. The summed E-state index contributed by atoms with van der Waals surface area (Å²) in [6.07, 6.45) is 0. The fourth-order valence-corrected chi connectivity index (χ4v) is 2.96. The lowest BCUT2D eigenvalue weighted by molar-refractivity contribution is 0.0454. The number of ether oxygens (including phenoxy) is 2. The monoisotopic (exact) mass is 368 g/mol. The van der Waals surface area contributed by atoms with E-state index in [0.29, 0.717) is 10.8 Å². The Labute approximate surface area is 154 Å². The van der Waals surface area contributed by atoms with E-state index in [4.69, 9.17) is 4.74 Å². The number of carbonyl (C=O) groups is 2. The van der Waals surface area contributed by atoms with Gasteiger partial charge >= 0.3 is 11.9 Å². The second-order valence-electron chi connectivity index (χ2n) is 5.25. The Bertz CT molecular complexity index is 909. The van der Waals surface area contributed by atoms with Gasteiger partial charge in [-0.15, -0.1) is 11.3 Å². The molecule has 0 fully saturated rings. The lowest BCUT2D eigenvalue weighted by Gasteiger charge is -2.07. The number of esters is 2. The Morgan fingerprint density at radius 3 is 2.35 bits per heavy atom. The van der Waals surface area contributed by atoms with Crippen molar-refractivity contribution in [3.8, 4) is 0 Å². The van der Waals surface area contributed by atoms with Crippen LogP contribution < -0.4 is 5.32 Å². The molecule has 26 heavy (non-hydrogen) atoms. The quantitative estimate of drug-likeness (QED) is 0.662. The lowest BCUT2D eigenvalue weighted by atomic mass is 10.1. The first-order valence-corrected chi connectivity index (χ1v) is 8.66.